The van der Waals surface area contributed by atoms with Crippen LogP contribution < -0.4 is 0 Å². The summed E-state index contributed by atoms with van der Waals surface area (Å²) in [5.41, 5.74) is 3.96. The molecule has 6 rings (SSSR count). The Hall–Kier alpha value is -4.08. The van der Waals surface area contributed by atoms with Crippen molar-refractivity contribution in [2.45, 2.75) is 63.2 Å². The minimum absolute atomic E-state index is 0.279. The third-order valence-electron chi connectivity index (χ3n) is 7.79. The molecule has 232 valence electrons. The molecular formula is C38H38O7. The van der Waals surface area contributed by atoms with Gasteiger partial charge in [0.15, 0.2) is 6.29 Å². The predicted octanol–water partition coefficient (Wildman–Crippen LogP) is 7.01. The van der Waals surface area contributed by atoms with Crippen molar-refractivity contribution >= 4 is 0 Å². The summed E-state index contributed by atoms with van der Waals surface area (Å²) >= 11 is 0. The number of aliphatic hydroxyl groups is 1. The van der Waals surface area contributed by atoms with Gasteiger partial charge in [0.2, 0.25) is 0 Å². The van der Waals surface area contributed by atoms with Crippen LogP contribution in [0.1, 0.15) is 34.1 Å². The smallest absolute Gasteiger partial charge is 0.187 e. The zero-order valence-electron chi connectivity index (χ0n) is 25.0. The molecule has 45 heavy (non-hydrogen) atoms. The third kappa shape index (κ3) is 8.35. The molecule has 1 aliphatic heterocycles. The van der Waals surface area contributed by atoms with Gasteiger partial charge in [0, 0.05) is 0 Å². The number of benzene rings is 4. The maximum absolute atomic E-state index is 11.7. The first-order valence-electron chi connectivity index (χ1n) is 15.2. The minimum Gasteiger partial charge on any atom is -0.466 e. The van der Waals surface area contributed by atoms with Crippen LogP contribution in [0.5, 0.6) is 0 Å². The van der Waals surface area contributed by atoms with Crippen LogP contribution in [0, 0.1) is 0 Å². The molecule has 5 aromatic rings. The topological polar surface area (TPSA) is 79.5 Å². The Morgan fingerprint density at radius 1 is 0.489 bits per heavy atom. The van der Waals surface area contributed by atoms with Crippen molar-refractivity contribution in [3.63, 3.8) is 0 Å². The van der Waals surface area contributed by atoms with E-state index in [4.69, 9.17) is 28.1 Å². The standard InChI is InChI=1S/C38H38O7/c39-33(32-22-13-23-40-32)34-35(41-24-28-14-5-1-6-15-28)36(42-25-29-16-7-2-8-17-29)37(43-26-30-18-9-3-10-19-30)38(45-34)44-27-31-20-11-4-12-21-31/h1-23,33-39H,24-27H2/t33-,34+,35+,36-,37+,38-/m0/s1. The summed E-state index contributed by atoms with van der Waals surface area (Å²) in [7, 11) is 0. The number of aliphatic hydroxyl groups excluding tert-OH is 1. The minimum atomic E-state index is -1.15. The molecule has 1 fully saturated rings. The average molecular weight is 607 g/mol. The first kappa shape index (κ1) is 30.9. The number of ether oxygens (including phenoxy) is 5. The SMILES string of the molecule is O[C@@H](c1ccco1)[C@H]1O[C@H](OCc2ccccc2)[C@H](OCc2ccccc2)[C@@H](OCc2ccccc2)[C@@H]1OCc1ccccc1. The Kier molecular flexibility index (Phi) is 10.8. The van der Waals surface area contributed by atoms with Crippen LogP contribution in [0.2, 0.25) is 0 Å². The second-order valence-corrected chi connectivity index (χ2v) is 11.0. The van der Waals surface area contributed by atoms with E-state index in [1.807, 2.05) is 121 Å². The van der Waals surface area contributed by atoms with Crippen molar-refractivity contribution in [1.82, 2.24) is 0 Å². The molecular weight excluding hydrogens is 568 g/mol. The van der Waals surface area contributed by atoms with Gasteiger partial charge in [-0.15, -0.1) is 0 Å². The highest BCUT2D eigenvalue weighted by Crippen LogP contribution is 2.37. The lowest BCUT2D eigenvalue weighted by molar-refractivity contribution is -0.338. The quantitative estimate of drug-likeness (QED) is 0.146. The molecule has 0 amide bonds. The van der Waals surface area contributed by atoms with E-state index in [0.717, 1.165) is 22.3 Å². The normalized spacial score (nSPS) is 22.2. The number of hydrogen-bond acceptors (Lipinski definition) is 7. The van der Waals surface area contributed by atoms with Gasteiger partial charge in [0.25, 0.3) is 0 Å². The molecule has 1 N–H and O–H groups in total. The fourth-order valence-electron chi connectivity index (χ4n) is 5.45. The lowest BCUT2D eigenvalue weighted by Gasteiger charge is -2.46. The van der Waals surface area contributed by atoms with Gasteiger partial charge < -0.3 is 33.2 Å². The lowest BCUT2D eigenvalue weighted by Crippen LogP contribution is -2.62. The second-order valence-electron chi connectivity index (χ2n) is 11.0. The molecule has 2 heterocycles. The zero-order chi connectivity index (χ0) is 30.7. The second kappa shape index (κ2) is 15.8. The first-order valence-corrected chi connectivity index (χ1v) is 15.2. The summed E-state index contributed by atoms with van der Waals surface area (Å²) in [6.07, 6.45) is -3.52. The number of furan rings is 1. The van der Waals surface area contributed by atoms with Gasteiger partial charge in [-0.1, -0.05) is 121 Å². The van der Waals surface area contributed by atoms with Crippen LogP contribution in [0.15, 0.2) is 144 Å². The zero-order valence-corrected chi connectivity index (χ0v) is 25.0. The van der Waals surface area contributed by atoms with E-state index in [0.29, 0.717) is 19.0 Å². The van der Waals surface area contributed by atoms with Gasteiger partial charge in [-0.2, -0.15) is 0 Å². The van der Waals surface area contributed by atoms with Crippen molar-refractivity contribution in [3.05, 3.63) is 168 Å². The van der Waals surface area contributed by atoms with Crippen molar-refractivity contribution in [2.24, 2.45) is 0 Å². The molecule has 1 saturated heterocycles. The Morgan fingerprint density at radius 2 is 0.911 bits per heavy atom. The largest absolute Gasteiger partial charge is 0.466 e. The fraction of sp³-hybridized carbons (Fsp3) is 0.263. The van der Waals surface area contributed by atoms with E-state index in [9.17, 15) is 5.11 Å². The van der Waals surface area contributed by atoms with Crippen LogP contribution in [0.4, 0.5) is 0 Å². The molecule has 1 aliphatic rings. The van der Waals surface area contributed by atoms with Crippen LogP contribution in [-0.4, -0.2) is 35.8 Å². The van der Waals surface area contributed by atoms with Crippen LogP contribution in [0.25, 0.3) is 0 Å². The maximum Gasteiger partial charge on any atom is 0.187 e. The van der Waals surface area contributed by atoms with Gasteiger partial charge in [-0.05, 0) is 34.4 Å². The van der Waals surface area contributed by atoms with Crippen molar-refractivity contribution in [3.8, 4) is 0 Å². The Labute approximate surface area is 263 Å². The number of hydrogen-bond donors (Lipinski definition) is 1. The molecule has 0 unspecified atom stereocenters. The molecule has 7 nitrogen and oxygen atoms in total. The Bertz CT molecular complexity index is 1510. The van der Waals surface area contributed by atoms with Crippen molar-refractivity contribution in [1.29, 1.82) is 0 Å². The molecule has 4 aromatic carbocycles. The molecule has 6 atom stereocenters. The fourth-order valence-corrected chi connectivity index (χ4v) is 5.45. The molecule has 1 aromatic heterocycles. The highest BCUT2D eigenvalue weighted by atomic mass is 16.7. The summed E-state index contributed by atoms with van der Waals surface area (Å²) in [4.78, 5) is 0. The van der Waals surface area contributed by atoms with E-state index in [1.54, 1.807) is 12.1 Å². The van der Waals surface area contributed by atoms with E-state index in [-0.39, 0.29) is 13.2 Å². The van der Waals surface area contributed by atoms with Gasteiger partial charge in [0.05, 0.1) is 32.7 Å². The molecule has 0 saturated carbocycles. The lowest BCUT2D eigenvalue weighted by atomic mass is 9.93. The van der Waals surface area contributed by atoms with Gasteiger partial charge in [0.1, 0.15) is 36.3 Å². The summed E-state index contributed by atoms with van der Waals surface area (Å²) in [5.74, 6) is 0.362. The summed E-state index contributed by atoms with van der Waals surface area (Å²) in [6.45, 7) is 1.17. The molecule has 0 spiro atoms. The number of rotatable bonds is 14. The molecule has 0 aliphatic carbocycles. The third-order valence-corrected chi connectivity index (χ3v) is 7.79. The average Bonchev–Trinajstić information content (AvgIpc) is 3.65. The van der Waals surface area contributed by atoms with Crippen molar-refractivity contribution < 1.29 is 33.2 Å². The van der Waals surface area contributed by atoms with Gasteiger partial charge >= 0.3 is 0 Å². The van der Waals surface area contributed by atoms with Crippen molar-refractivity contribution in [2.75, 3.05) is 0 Å². The summed E-state index contributed by atoms with van der Waals surface area (Å²) in [5, 5.41) is 11.7. The van der Waals surface area contributed by atoms with Crippen LogP contribution >= 0.6 is 0 Å². The van der Waals surface area contributed by atoms with Gasteiger partial charge in [-0.25, -0.2) is 0 Å². The van der Waals surface area contributed by atoms with E-state index in [1.165, 1.54) is 6.26 Å². The van der Waals surface area contributed by atoms with Crippen LogP contribution in [0.3, 0.4) is 0 Å². The highest BCUT2D eigenvalue weighted by molar-refractivity contribution is 5.17. The first-order chi connectivity index (χ1) is 22.2. The highest BCUT2D eigenvalue weighted by Gasteiger charge is 2.52. The van der Waals surface area contributed by atoms with E-state index in [2.05, 4.69) is 0 Å². The molecule has 7 heteroatoms. The molecule has 0 bridgehead atoms. The van der Waals surface area contributed by atoms with E-state index < -0.39 is 36.8 Å². The molecule has 0 radical (unpaired) electrons. The predicted molar refractivity (Wildman–Crippen MR) is 169 cm³/mol. The monoisotopic (exact) mass is 606 g/mol. The summed E-state index contributed by atoms with van der Waals surface area (Å²) in [6, 6.07) is 43.1. The van der Waals surface area contributed by atoms with Crippen LogP contribution in [-0.2, 0) is 50.1 Å². The Morgan fingerprint density at radius 3 is 1.36 bits per heavy atom. The summed E-state index contributed by atoms with van der Waals surface area (Å²) < 4.78 is 38.6. The van der Waals surface area contributed by atoms with Gasteiger partial charge in [-0.3, -0.25) is 0 Å². The van der Waals surface area contributed by atoms with E-state index >= 15 is 0 Å². The maximum atomic E-state index is 11.7. The Balaban J connectivity index is 1.35.